The van der Waals surface area contributed by atoms with Gasteiger partial charge in [-0.2, -0.15) is 0 Å². The largest absolute Gasteiger partial charge is 0.349 e. The number of rotatable bonds is 6. The van der Waals surface area contributed by atoms with Crippen molar-refractivity contribution in [1.82, 2.24) is 10.6 Å². The molecule has 2 amide bonds. The van der Waals surface area contributed by atoms with Crippen LogP contribution < -0.4 is 10.6 Å². The van der Waals surface area contributed by atoms with Crippen LogP contribution in [-0.4, -0.2) is 11.8 Å². The zero-order chi connectivity index (χ0) is 20.3. The lowest BCUT2D eigenvalue weighted by molar-refractivity contribution is -0.130. The zero-order valence-electron chi connectivity index (χ0n) is 15.8. The Bertz CT molecular complexity index is 770. The first-order valence-corrected chi connectivity index (χ1v) is 11.8. The molecule has 2 heterocycles. The molecule has 8 heteroatoms. The minimum absolute atomic E-state index is 0.0209. The average Bonchev–Trinajstić information content (AvgIpc) is 3.30. The van der Waals surface area contributed by atoms with Crippen LogP contribution in [0.5, 0.6) is 0 Å². The van der Waals surface area contributed by atoms with Crippen molar-refractivity contribution in [2.45, 2.75) is 51.6 Å². The molecule has 152 valence electrons. The molecule has 2 N–H and O–H groups in total. The zero-order valence-corrected chi connectivity index (χ0v) is 19.0. The van der Waals surface area contributed by atoms with E-state index in [0.717, 1.165) is 29.0 Å². The number of amides is 2. The van der Waals surface area contributed by atoms with Crippen LogP contribution in [0.25, 0.3) is 0 Å². The molecule has 28 heavy (non-hydrogen) atoms. The number of hydrogen-bond acceptors (Lipinski definition) is 4. The van der Waals surface area contributed by atoms with E-state index in [2.05, 4.69) is 10.6 Å². The Hall–Kier alpha value is -1.08. The molecule has 0 radical (unpaired) electrons. The average molecular weight is 459 g/mol. The Kier molecular flexibility index (Phi) is 7.42. The smallest absolute Gasteiger partial charge is 0.223 e. The third-order valence-electron chi connectivity index (χ3n) is 5.17. The first-order valence-electron chi connectivity index (χ1n) is 9.44. The van der Waals surface area contributed by atoms with Gasteiger partial charge in [0.25, 0.3) is 0 Å². The monoisotopic (exact) mass is 458 g/mol. The normalized spacial score (nSPS) is 21.7. The second kappa shape index (κ2) is 9.61. The fraction of sp³-hybridized carbons (Fsp3) is 0.500. The number of carbonyl (C=O) groups excluding carboxylic acids is 2. The summed E-state index contributed by atoms with van der Waals surface area (Å²) < 4.78 is 1.43. The molecule has 4 unspecified atom stereocenters. The van der Waals surface area contributed by atoms with Crippen molar-refractivity contribution in [2.75, 3.05) is 0 Å². The Morgan fingerprint density at radius 1 is 0.893 bits per heavy atom. The van der Waals surface area contributed by atoms with Gasteiger partial charge < -0.3 is 10.6 Å². The Balaban J connectivity index is 1.54. The van der Waals surface area contributed by atoms with Crippen LogP contribution in [0.3, 0.4) is 0 Å². The number of nitrogens with one attached hydrogen (secondary N) is 2. The third-order valence-corrected chi connectivity index (χ3v) is 8.00. The van der Waals surface area contributed by atoms with Crippen molar-refractivity contribution in [3.05, 3.63) is 42.7 Å². The summed E-state index contributed by atoms with van der Waals surface area (Å²) in [6.45, 7) is 3.92. The van der Waals surface area contributed by atoms with Gasteiger partial charge >= 0.3 is 0 Å². The van der Waals surface area contributed by atoms with Crippen LogP contribution in [0.4, 0.5) is 0 Å². The van der Waals surface area contributed by atoms with Crippen molar-refractivity contribution in [1.29, 1.82) is 0 Å². The molecule has 1 saturated carbocycles. The van der Waals surface area contributed by atoms with E-state index in [0.29, 0.717) is 15.1 Å². The predicted octanol–water partition coefficient (Wildman–Crippen LogP) is 5.98. The van der Waals surface area contributed by atoms with Crippen LogP contribution in [0.15, 0.2) is 24.3 Å². The van der Waals surface area contributed by atoms with Crippen molar-refractivity contribution in [2.24, 2.45) is 11.8 Å². The summed E-state index contributed by atoms with van der Waals surface area (Å²) in [5.41, 5.74) is 0. The standard InChI is InChI=1S/C20H24Cl2N2O2S2/c1-11(15-6-8-17(21)27-15)23-19(25)13-4-3-5-14(10-13)20(26)24-12(2)16-7-9-18(22)28-16/h6-9,11-14H,3-5,10H2,1-2H3,(H,23,25)(H,24,26). The summed E-state index contributed by atoms with van der Waals surface area (Å²) in [4.78, 5) is 27.5. The van der Waals surface area contributed by atoms with Crippen LogP contribution in [0.2, 0.25) is 8.67 Å². The number of carbonyl (C=O) groups is 2. The molecule has 2 aromatic rings. The van der Waals surface area contributed by atoms with Crippen molar-refractivity contribution < 1.29 is 9.59 Å². The quantitative estimate of drug-likeness (QED) is 0.559. The fourth-order valence-corrected chi connectivity index (χ4v) is 5.72. The van der Waals surface area contributed by atoms with Crippen molar-refractivity contribution in [3.63, 3.8) is 0 Å². The highest BCUT2D eigenvalue weighted by Gasteiger charge is 2.32. The topological polar surface area (TPSA) is 58.2 Å². The van der Waals surface area contributed by atoms with E-state index in [1.165, 1.54) is 22.7 Å². The van der Waals surface area contributed by atoms with E-state index in [1.54, 1.807) is 0 Å². The van der Waals surface area contributed by atoms with Crippen LogP contribution in [0.1, 0.15) is 61.4 Å². The number of thiophene rings is 2. The van der Waals surface area contributed by atoms with Gasteiger partial charge in [-0.05, 0) is 57.4 Å². The molecule has 0 aromatic carbocycles. The Labute approximate surface area is 183 Å². The van der Waals surface area contributed by atoms with Crippen molar-refractivity contribution in [3.8, 4) is 0 Å². The maximum absolute atomic E-state index is 12.7. The maximum atomic E-state index is 12.7. The van der Waals surface area contributed by atoms with Gasteiger partial charge in [0.05, 0.1) is 20.8 Å². The number of hydrogen-bond donors (Lipinski definition) is 2. The molecule has 0 saturated heterocycles. The first-order chi connectivity index (χ1) is 13.3. The Morgan fingerprint density at radius 2 is 1.32 bits per heavy atom. The van der Waals surface area contributed by atoms with E-state index in [4.69, 9.17) is 23.2 Å². The molecule has 0 aliphatic heterocycles. The lowest BCUT2D eigenvalue weighted by Crippen LogP contribution is -2.40. The van der Waals surface area contributed by atoms with Gasteiger partial charge in [-0.25, -0.2) is 0 Å². The first kappa shape index (κ1) is 21.6. The summed E-state index contributed by atoms with van der Waals surface area (Å²) in [6.07, 6.45) is 3.12. The highest BCUT2D eigenvalue weighted by Crippen LogP contribution is 2.32. The van der Waals surface area contributed by atoms with Gasteiger partial charge in [-0.1, -0.05) is 29.6 Å². The minimum atomic E-state index is -0.131. The van der Waals surface area contributed by atoms with Gasteiger partial charge in [0, 0.05) is 21.6 Å². The molecule has 0 bridgehead atoms. The lowest BCUT2D eigenvalue weighted by atomic mass is 9.80. The molecule has 1 aliphatic rings. The van der Waals surface area contributed by atoms with E-state index in [9.17, 15) is 9.59 Å². The summed E-state index contributed by atoms with van der Waals surface area (Å²) in [5, 5.41) is 6.15. The molecule has 1 fully saturated rings. The van der Waals surface area contributed by atoms with E-state index >= 15 is 0 Å². The number of halogens is 2. The predicted molar refractivity (Wildman–Crippen MR) is 117 cm³/mol. The van der Waals surface area contributed by atoms with E-state index in [-0.39, 0.29) is 35.7 Å². The summed E-state index contributed by atoms with van der Waals surface area (Å²) >= 11 is 14.9. The highest BCUT2D eigenvalue weighted by molar-refractivity contribution is 7.16. The van der Waals surface area contributed by atoms with Gasteiger partial charge in [0.1, 0.15) is 0 Å². The van der Waals surface area contributed by atoms with E-state index < -0.39 is 0 Å². The Morgan fingerprint density at radius 3 is 1.68 bits per heavy atom. The minimum Gasteiger partial charge on any atom is -0.349 e. The molecule has 4 nitrogen and oxygen atoms in total. The highest BCUT2D eigenvalue weighted by atomic mass is 35.5. The van der Waals surface area contributed by atoms with Gasteiger partial charge in [0.15, 0.2) is 0 Å². The summed E-state index contributed by atoms with van der Waals surface area (Å²) in [7, 11) is 0. The second-order valence-corrected chi connectivity index (χ2v) is 10.8. The maximum Gasteiger partial charge on any atom is 0.223 e. The van der Waals surface area contributed by atoms with Crippen molar-refractivity contribution >= 4 is 57.7 Å². The molecule has 4 atom stereocenters. The van der Waals surface area contributed by atoms with Crippen LogP contribution in [0, 0.1) is 11.8 Å². The van der Waals surface area contributed by atoms with E-state index in [1.807, 2.05) is 38.1 Å². The van der Waals surface area contributed by atoms with Crippen LogP contribution in [-0.2, 0) is 9.59 Å². The third kappa shape index (κ3) is 5.50. The van der Waals surface area contributed by atoms with Gasteiger partial charge in [0.2, 0.25) is 11.8 Å². The molecular weight excluding hydrogens is 435 g/mol. The second-order valence-electron chi connectivity index (χ2n) is 7.30. The molecule has 1 aliphatic carbocycles. The molecule has 2 aromatic heterocycles. The molecular formula is C20H24Cl2N2O2S2. The van der Waals surface area contributed by atoms with Gasteiger partial charge in [-0.3, -0.25) is 9.59 Å². The molecule has 0 spiro atoms. The fourth-order valence-electron chi connectivity index (χ4n) is 3.59. The summed E-state index contributed by atoms with van der Waals surface area (Å²) in [5.74, 6) is -0.219. The summed E-state index contributed by atoms with van der Waals surface area (Å²) in [6, 6.07) is 7.39. The SMILES string of the molecule is CC(NC(=O)C1CCCC(C(=O)NC(C)c2ccc(Cl)s2)C1)c1ccc(Cl)s1. The van der Waals surface area contributed by atoms with Gasteiger partial charge in [-0.15, -0.1) is 22.7 Å². The molecule has 3 rings (SSSR count). The lowest BCUT2D eigenvalue weighted by Gasteiger charge is -2.29. The van der Waals surface area contributed by atoms with Crippen LogP contribution >= 0.6 is 45.9 Å².